The van der Waals surface area contributed by atoms with Crippen molar-refractivity contribution in [1.29, 1.82) is 0 Å². The molecule has 0 atom stereocenters. The topological polar surface area (TPSA) is 48.1 Å². The zero-order valence-electron chi connectivity index (χ0n) is 16.7. The van der Waals surface area contributed by atoms with Gasteiger partial charge in [0.25, 0.3) is 0 Å². The summed E-state index contributed by atoms with van der Waals surface area (Å²) in [6.07, 6.45) is 4.73. The van der Waals surface area contributed by atoms with Crippen molar-refractivity contribution in [3.05, 3.63) is 0 Å². The fourth-order valence-electron chi connectivity index (χ4n) is 5.28. The molecule has 136 valence electrons. The van der Waals surface area contributed by atoms with Crippen LogP contribution in [0.5, 0.6) is 0 Å². The van der Waals surface area contributed by atoms with Gasteiger partial charge in [-0.1, -0.05) is 0 Å². The number of hydrogen-bond donors (Lipinski definition) is 4. The summed E-state index contributed by atoms with van der Waals surface area (Å²) in [5, 5.41) is 15.0. The molecule has 23 heavy (non-hydrogen) atoms. The third kappa shape index (κ3) is 6.00. The molecular formula is C19H40N4. The van der Waals surface area contributed by atoms with Crippen molar-refractivity contribution >= 4 is 0 Å². The fourth-order valence-corrected chi connectivity index (χ4v) is 5.28. The summed E-state index contributed by atoms with van der Waals surface area (Å²) < 4.78 is 0. The molecule has 0 bridgehead atoms. The number of hydrogen-bond acceptors (Lipinski definition) is 4. The van der Waals surface area contributed by atoms with E-state index in [2.05, 4.69) is 76.7 Å². The Morgan fingerprint density at radius 1 is 0.609 bits per heavy atom. The highest BCUT2D eigenvalue weighted by molar-refractivity contribution is 5.01. The van der Waals surface area contributed by atoms with Gasteiger partial charge in [-0.05, 0) is 81.1 Å². The van der Waals surface area contributed by atoms with Gasteiger partial charge in [0.2, 0.25) is 0 Å². The SMILES string of the molecule is CC1(C)CC(NCNC2CC(C)(C)NC(C)(C)C2)CC(C)(C)N1. The first-order valence-electron chi connectivity index (χ1n) is 9.33. The number of rotatable bonds is 4. The van der Waals surface area contributed by atoms with Crippen LogP contribution >= 0.6 is 0 Å². The molecule has 0 aliphatic carbocycles. The zero-order chi connectivity index (χ0) is 17.5. The van der Waals surface area contributed by atoms with Gasteiger partial charge in [0, 0.05) is 40.9 Å². The van der Waals surface area contributed by atoms with Crippen LogP contribution in [-0.2, 0) is 0 Å². The first-order chi connectivity index (χ1) is 10.3. The number of piperidine rings is 2. The maximum atomic E-state index is 3.76. The Kier molecular flexibility index (Phi) is 5.24. The third-order valence-corrected chi connectivity index (χ3v) is 5.16. The van der Waals surface area contributed by atoms with Crippen LogP contribution in [0.25, 0.3) is 0 Å². The molecule has 4 heteroatoms. The summed E-state index contributed by atoms with van der Waals surface area (Å²) in [6.45, 7) is 19.4. The molecule has 0 aromatic heterocycles. The Bertz CT molecular complexity index is 342. The summed E-state index contributed by atoms with van der Waals surface area (Å²) in [7, 11) is 0. The van der Waals surface area contributed by atoms with Crippen molar-refractivity contribution in [3.63, 3.8) is 0 Å². The second kappa shape index (κ2) is 6.29. The average Bonchev–Trinajstić information content (AvgIpc) is 2.19. The van der Waals surface area contributed by atoms with Gasteiger partial charge in [0.15, 0.2) is 0 Å². The molecule has 0 saturated carbocycles. The molecule has 4 nitrogen and oxygen atoms in total. The van der Waals surface area contributed by atoms with Gasteiger partial charge in [-0.2, -0.15) is 0 Å². The van der Waals surface area contributed by atoms with E-state index >= 15 is 0 Å². The summed E-state index contributed by atoms with van der Waals surface area (Å²) in [6, 6.07) is 1.16. The monoisotopic (exact) mass is 324 g/mol. The first-order valence-corrected chi connectivity index (χ1v) is 9.33. The molecular weight excluding hydrogens is 284 g/mol. The highest BCUT2D eigenvalue weighted by atomic mass is 15.2. The van der Waals surface area contributed by atoms with E-state index in [1.165, 1.54) is 25.7 Å². The zero-order valence-corrected chi connectivity index (χ0v) is 16.7. The van der Waals surface area contributed by atoms with Crippen LogP contribution in [0.2, 0.25) is 0 Å². The fraction of sp³-hybridized carbons (Fsp3) is 1.00. The van der Waals surface area contributed by atoms with Gasteiger partial charge in [-0.25, -0.2) is 0 Å². The summed E-state index contributed by atoms with van der Waals surface area (Å²) in [4.78, 5) is 0. The van der Waals surface area contributed by atoms with Gasteiger partial charge in [-0.3, -0.25) is 0 Å². The van der Waals surface area contributed by atoms with Crippen LogP contribution in [0.3, 0.4) is 0 Å². The molecule has 0 amide bonds. The van der Waals surface area contributed by atoms with Crippen LogP contribution in [0.15, 0.2) is 0 Å². The normalized spacial score (nSPS) is 30.3. The minimum absolute atomic E-state index is 0.207. The van der Waals surface area contributed by atoms with Crippen molar-refractivity contribution in [3.8, 4) is 0 Å². The van der Waals surface area contributed by atoms with Gasteiger partial charge >= 0.3 is 0 Å². The summed E-state index contributed by atoms with van der Waals surface area (Å²) in [5.74, 6) is 0. The van der Waals surface area contributed by atoms with E-state index in [0.717, 1.165) is 6.67 Å². The maximum absolute atomic E-state index is 3.76. The van der Waals surface area contributed by atoms with Crippen LogP contribution in [0.4, 0.5) is 0 Å². The lowest BCUT2D eigenvalue weighted by atomic mass is 9.79. The van der Waals surface area contributed by atoms with Gasteiger partial charge in [0.1, 0.15) is 0 Å². The molecule has 0 aromatic carbocycles. The van der Waals surface area contributed by atoms with Crippen LogP contribution in [-0.4, -0.2) is 40.9 Å². The molecule has 0 radical (unpaired) electrons. The lowest BCUT2D eigenvalue weighted by molar-refractivity contribution is 0.131. The van der Waals surface area contributed by atoms with E-state index in [4.69, 9.17) is 0 Å². The molecule has 2 fully saturated rings. The highest BCUT2D eigenvalue weighted by Crippen LogP contribution is 2.29. The second-order valence-electron chi connectivity index (χ2n) is 10.6. The van der Waals surface area contributed by atoms with E-state index < -0.39 is 0 Å². The maximum Gasteiger partial charge on any atom is 0.0458 e. The van der Waals surface area contributed by atoms with Crippen molar-refractivity contribution in [1.82, 2.24) is 21.3 Å². The third-order valence-electron chi connectivity index (χ3n) is 5.16. The van der Waals surface area contributed by atoms with Gasteiger partial charge in [0.05, 0.1) is 0 Å². The molecule has 2 aliphatic rings. The molecule has 0 unspecified atom stereocenters. The largest absolute Gasteiger partial charge is 0.307 e. The van der Waals surface area contributed by atoms with Crippen molar-refractivity contribution < 1.29 is 0 Å². The van der Waals surface area contributed by atoms with Crippen LogP contribution in [0, 0.1) is 0 Å². The van der Waals surface area contributed by atoms with Crippen molar-refractivity contribution in [2.24, 2.45) is 0 Å². The van der Waals surface area contributed by atoms with Crippen molar-refractivity contribution in [2.45, 2.75) is 115 Å². The Labute approximate surface area is 143 Å². The van der Waals surface area contributed by atoms with Crippen LogP contribution < -0.4 is 21.3 Å². The standard InChI is InChI=1S/C19H40N4/c1-16(2)9-14(10-17(3,4)22-16)20-13-21-15-11-18(5,6)23-19(7,8)12-15/h14-15,20-23H,9-13H2,1-8H3. The molecule has 2 rings (SSSR count). The van der Waals surface area contributed by atoms with E-state index in [9.17, 15) is 0 Å². The molecule has 2 saturated heterocycles. The predicted molar refractivity (Wildman–Crippen MR) is 99.8 cm³/mol. The summed E-state index contributed by atoms with van der Waals surface area (Å²) in [5.41, 5.74) is 0.826. The molecule has 0 aromatic rings. The number of nitrogens with one attached hydrogen (secondary N) is 4. The minimum atomic E-state index is 0.207. The molecule has 2 aliphatic heterocycles. The van der Waals surface area contributed by atoms with E-state index in [1.807, 2.05) is 0 Å². The molecule has 2 heterocycles. The van der Waals surface area contributed by atoms with E-state index in [1.54, 1.807) is 0 Å². The van der Waals surface area contributed by atoms with E-state index in [0.29, 0.717) is 12.1 Å². The van der Waals surface area contributed by atoms with Crippen molar-refractivity contribution in [2.75, 3.05) is 6.67 Å². The Balaban J connectivity index is 1.83. The molecule has 4 N–H and O–H groups in total. The van der Waals surface area contributed by atoms with Gasteiger partial charge < -0.3 is 21.3 Å². The lowest BCUT2D eigenvalue weighted by Gasteiger charge is -2.48. The quantitative estimate of drug-likeness (QED) is 0.601. The highest BCUT2D eigenvalue weighted by Gasteiger charge is 2.39. The molecule has 0 spiro atoms. The van der Waals surface area contributed by atoms with Gasteiger partial charge in [-0.15, -0.1) is 0 Å². The smallest absolute Gasteiger partial charge is 0.0458 e. The average molecular weight is 325 g/mol. The second-order valence-corrected chi connectivity index (χ2v) is 10.6. The minimum Gasteiger partial charge on any atom is -0.307 e. The van der Waals surface area contributed by atoms with Crippen LogP contribution in [0.1, 0.15) is 81.1 Å². The Morgan fingerprint density at radius 3 is 1.13 bits per heavy atom. The van der Waals surface area contributed by atoms with E-state index in [-0.39, 0.29) is 22.2 Å². The predicted octanol–water partition coefficient (Wildman–Crippen LogP) is 2.74. The Morgan fingerprint density at radius 2 is 0.870 bits per heavy atom. The lowest BCUT2D eigenvalue weighted by Crippen LogP contribution is -2.64. The summed E-state index contributed by atoms with van der Waals surface area (Å²) >= 11 is 0. The first kappa shape index (κ1) is 19.2. The Hall–Kier alpha value is -0.160.